The molecular formula is C12H18N2O3S. The van der Waals surface area contributed by atoms with Crippen LogP contribution in [0.1, 0.15) is 13.3 Å². The smallest absolute Gasteiger partial charge is 0.245 e. The summed E-state index contributed by atoms with van der Waals surface area (Å²) in [6.07, 6.45) is 0.466. The largest absolute Gasteiger partial charge is 0.389 e. The predicted octanol–water partition coefficient (Wildman–Crippen LogP) is 0.874. The average Bonchev–Trinajstić information content (AvgIpc) is 2.70. The lowest BCUT2D eigenvalue weighted by Gasteiger charge is -2.20. The molecule has 1 aromatic rings. The Hall–Kier alpha value is -1.11. The first-order valence-corrected chi connectivity index (χ1v) is 7.30. The molecule has 1 unspecified atom stereocenters. The minimum absolute atomic E-state index is 0.146. The molecule has 1 atom stereocenters. The van der Waals surface area contributed by atoms with Gasteiger partial charge in [0, 0.05) is 20.1 Å². The van der Waals surface area contributed by atoms with Gasteiger partial charge in [0.1, 0.15) is 4.90 Å². The molecule has 1 aliphatic heterocycles. The van der Waals surface area contributed by atoms with Crippen LogP contribution in [0.5, 0.6) is 0 Å². The molecule has 18 heavy (non-hydrogen) atoms. The Morgan fingerprint density at radius 3 is 2.61 bits per heavy atom. The van der Waals surface area contributed by atoms with Crippen molar-refractivity contribution in [1.82, 2.24) is 4.31 Å². The second-order valence-electron chi connectivity index (χ2n) is 4.83. The number of hydrogen-bond acceptors (Lipinski definition) is 4. The molecule has 1 aromatic carbocycles. The summed E-state index contributed by atoms with van der Waals surface area (Å²) >= 11 is 0. The van der Waals surface area contributed by atoms with Crippen molar-refractivity contribution in [3.63, 3.8) is 0 Å². The van der Waals surface area contributed by atoms with Crippen LogP contribution in [-0.4, -0.2) is 43.6 Å². The molecule has 1 heterocycles. The lowest BCUT2D eigenvalue weighted by molar-refractivity contribution is 0.0762. The number of nitrogens with zero attached hydrogens (tertiary/aromatic N) is 1. The molecule has 0 aromatic heterocycles. The van der Waals surface area contributed by atoms with Gasteiger partial charge >= 0.3 is 0 Å². The minimum atomic E-state index is -3.54. The maximum atomic E-state index is 12.5. The summed E-state index contributed by atoms with van der Waals surface area (Å²) in [5, 5.41) is 12.8. The zero-order valence-corrected chi connectivity index (χ0v) is 11.4. The van der Waals surface area contributed by atoms with E-state index in [1.165, 1.54) is 4.31 Å². The molecule has 6 heteroatoms. The maximum Gasteiger partial charge on any atom is 0.245 e. The Kier molecular flexibility index (Phi) is 3.35. The van der Waals surface area contributed by atoms with Gasteiger partial charge in [-0.05, 0) is 25.5 Å². The first-order chi connectivity index (χ1) is 8.37. The van der Waals surface area contributed by atoms with Gasteiger partial charge in [0.25, 0.3) is 0 Å². The number of hydrogen-bond donors (Lipinski definition) is 2. The van der Waals surface area contributed by atoms with Crippen LogP contribution < -0.4 is 5.32 Å². The molecule has 1 fully saturated rings. The Balaban J connectivity index is 2.38. The van der Waals surface area contributed by atoms with Gasteiger partial charge in [0.05, 0.1) is 11.3 Å². The van der Waals surface area contributed by atoms with Crippen LogP contribution in [0, 0.1) is 0 Å². The van der Waals surface area contributed by atoms with Crippen molar-refractivity contribution >= 4 is 15.7 Å². The lowest BCUT2D eigenvalue weighted by Crippen LogP contribution is -2.34. The molecule has 5 nitrogen and oxygen atoms in total. The molecule has 0 radical (unpaired) electrons. The van der Waals surface area contributed by atoms with Crippen LogP contribution in [0.4, 0.5) is 5.69 Å². The minimum Gasteiger partial charge on any atom is -0.389 e. The monoisotopic (exact) mass is 270 g/mol. The first-order valence-electron chi connectivity index (χ1n) is 5.86. The van der Waals surface area contributed by atoms with E-state index in [4.69, 9.17) is 0 Å². The molecule has 1 saturated heterocycles. The predicted molar refractivity (Wildman–Crippen MR) is 70.0 cm³/mol. The highest BCUT2D eigenvalue weighted by molar-refractivity contribution is 7.89. The number of sulfonamides is 1. The van der Waals surface area contributed by atoms with Crippen LogP contribution in [0.15, 0.2) is 29.2 Å². The van der Waals surface area contributed by atoms with E-state index >= 15 is 0 Å². The quantitative estimate of drug-likeness (QED) is 0.855. The van der Waals surface area contributed by atoms with E-state index in [0.29, 0.717) is 18.7 Å². The fourth-order valence-electron chi connectivity index (χ4n) is 2.15. The van der Waals surface area contributed by atoms with E-state index in [-0.39, 0.29) is 11.4 Å². The third kappa shape index (κ3) is 2.36. The van der Waals surface area contributed by atoms with Crippen molar-refractivity contribution in [1.29, 1.82) is 0 Å². The summed E-state index contributed by atoms with van der Waals surface area (Å²) in [5.74, 6) is 0. The average molecular weight is 270 g/mol. The molecular weight excluding hydrogens is 252 g/mol. The summed E-state index contributed by atoms with van der Waals surface area (Å²) < 4.78 is 26.3. The van der Waals surface area contributed by atoms with Crippen LogP contribution in [0.25, 0.3) is 0 Å². The van der Waals surface area contributed by atoms with Crippen molar-refractivity contribution < 1.29 is 13.5 Å². The molecule has 0 saturated carbocycles. The van der Waals surface area contributed by atoms with Gasteiger partial charge < -0.3 is 10.4 Å². The Morgan fingerprint density at radius 2 is 2.06 bits per heavy atom. The van der Waals surface area contributed by atoms with Crippen molar-refractivity contribution in [2.24, 2.45) is 0 Å². The number of nitrogens with one attached hydrogen (secondary N) is 1. The van der Waals surface area contributed by atoms with Crippen LogP contribution >= 0.6 is 0 Å². The van der Waals surface area contributed by atoms with Crippen LogP contribution in [0.3, 0.4) is 0 Å². The molecule has 100 valence electrons. The van der Waals surface area contributed by atoms with E-state index in [0.717, 1.165) is 0 Å². The molecule has 2 rings (SSSR count). The topological polar surface area (TPSA) is 69.6 Å². The summed E-state index contributed by atoms with van der Waals surface area (Å²) in [7, 11) is -1.85. The van der Waals surface area contributed by atoms with Crippen LogP contribution in [-0.2, 0) is 10.0 Å². The number of rotatable bonds is 3. The molecule has 0 amide bonds. The standard InChI is InChI=1S/C12H18N2O3S/c1-12(15)7-8-14(9-12)18(16,17)11-6-4-3-5-10(11)13-2/h3-6,13,15H,7-9H2,1-2H3. The van der Waals surface area contributed by atoms with Crippen molar-refractivity contribution in [2.75, 3.05) is 25.5 Å². The Bertz CT molecular complexity index is 540. The van der Waals surface area contributed by atoms with Crippen molar-refractivity contribution in [3.05, 3.63) is 24.3 Å². The molecule has 1 aliphatic rings. The highest BCUT2D eigenvalue weighted by Gasteiger charge is 2.39. The number of β-amino-alcohol motifs (C(OH)–C–C–N with tert-alkyl or cyclic N) is 1. The number of anilines is 1. The third-order valence-corrected chi connectivity index (χ3v) is 5.09. The van der Waals surface area contributed by atoms with Gasteiger partial charge in [-0.15, -0.1) is 0 Å². The van der Waals surface area contributed by atoms with Gasteiger partial charge in [-0.2, -0.15) is 4.31 Å². The van der Waals surface area contributed by atoms with E-state index in [9.17, 15) is 13.5 Å². The molecule has 2 N–H and O–H groups in total. The number of para-hydroxylation sites is 1. The van der Waals surface area contributed by atoms with Gasteiger partial charge in [0.15, 0.2) is 0 Å². The van der Waals surface area contributed by atoms with E-state index in [2.05, 4.69) is 5.32 Å². The van der Waals surface area contributed by atoms with Gasteiger partial charge in [-0.3, -0.25) is 0 Å². The van der Waals surface area contributed by atoms with E-state index in [1.807, 2.05) is 0 Å². The second kappa shape index (κ2) is 4.53. The fraction of sp³-hybridized carbons (Fsp3) is 0.500. The van der Waals surface area contributed by atoms with E-state index in [1.54, 1.807) is 38.2 Å². The summed E-state index contributed by atoms with van der Waals surface area (Å²) in [6, 6.07) is 6.78. The van der Waals surface area contributed by atoms with Crippen molar-refractivity contribution in [3.8, 4) is 0 Å². The maximum absolute atomic E-state index is 12.5. The number of aliphatic hydroxyl groups is 1. The zero-order valence-electron chi connectivity index (χ0n) is 10.5. The molecule has 0 spiro atoms. The Labute approximate surface area is 107 Å². The highest BCUT2D eigenvalue weighted by atomic mass is 32.2. The molecule has 0 aliphatic carbocycles. The zero-order chi connectivity index (χ0) is 13.4. The Morgan fingerprint density at radius 1 is 1.39 bits per heavy atom. The van der Waals surface area contributed by atoms with Crippen LogP contribution in [0.2, 0.25) is 0 Å². The summed E-state index contributed by atoms with van der Waals surface area (Å²) in [5.41, 5.74) is -0.356. The van der Waals surface area contributed by atoms with Crippen molar-refractivity contribution in [2.45, 2.75) is 23.8 Å². The van der Waals surface area contributed by atoms with Gasteiger partial charge in [0.2, 0.25) is 10.0 Å². The van der Waals surface area contributed by atoms with Gasteiger partial charge in [-0.25, -0.2) is 8.42 Å². The summed E-state index contributed by atoms with van der Waals surface area (Å²) in [6.45, 7) is 2.16. The van der Waals surface area contributed by atoms with Gasteiger partial charge in [-0.1, -0.05) is 12.1 Å². The highest BCUT2D eigenvalue weighted by Crippen LogP contribution is 2.29. The third-order valence-electron chi connectivity index (χ3n) is 3.19. The van der Waals surface area contributed by atoms with E-state index < -0.39 is 15.6 Å². The normalized spacial score (nSPS) is 25.3. The first kappa shape index (κ1) is 13.3. The SMILES string of the molecule is CNc1ccccc1S(=O)(=O)N1CCC(C)(O)C1. The fourth-order valence-corrected chi connectivity index (χ4v) is 3.90. The molecule has 0 bridgehead atoms. The summed E-state index contributed by atoms with van der Waals surface area (Å²) in [4.78, 5) is 0.255. The number of benzene rings is 1. The lowest BCUT2D eigenvalue weighted by atomic mass is 10.1. The second-order valence-corrected chi connectivity index (χ2v) is 6.74.